The summed E-state index contributed by atoms with van der Waals surface area (Å²) in [4.78, 5) is 10.9. The Morgan fingerprint density at radius 2 is 1.94 bits per heavy atom. The number of likely N-dealkylation sites (tertiary alicyclic amines) is 1. The van der Waals surface area contributed by atoms with Crippen molar-refractivity contribution in [3.63, 3.8) is 0 Å². The van der Waals surface area contributed by atoms with Crippen LogP contribution in [-0.2, 0) is 16.6 Å². The topological polar surface area (TPSA) is 124 Å². The molecule has 9 nitrogen and oxygen atoms in total. The molecule has 0 spiro atoms. The van der Waals surface area contributed by atoms with E-state index in [1.165, 1.54) is 18.3 Å². The normalized spacial score (nSPS) is 16.7. The second-order valence-electron chi connectivity index (χ2n) is 8.55. The quantitative estimate of drug-likeness (QED) is 0.424. The van der Waals surface area contributed by atoms with Crippen LogP contribution in [-0.4, -0.2) is 51.6 Å². The number of piperidine rings is 1. The van der Waals surface area contributed by atoms with Crippen molar-refractivity contribution in [2.75, 3.05) is 18.4 Å². The molecule has 2 N–H and O–H groups in total. The van der Waals surface area contributed by atoms with Crippen LogP contribution >= 0.6 is 0 Å². The maximum Gasteiger partial charge on any atom is 0.270 e. The number of benzene rings is 2. The Bertz CT molecular complexity index is 1510. The van der Waals surface area contributed by atoms with Gasteiger partial charge in [0.05, 0.1) is 11.7 Å². The minimum atomic E-state index is -4.02. The van der Waals surface area contributed by atoms with Gasteiger partial charge in [-0.2, -0.15) is 10.2 Å². The Labute approximate surface area is 203 Å². The third-order valence-corrected chi connectivity index (χ3v) is 7.76. The minimum Gasteiger partial charge on any atom is -0.392 e. The predicted octanol–water partition coefficient (Wildman–Crippen LogP) is 3.24. The number of rotatable bonds is 6. The van der Waals surface area contributed by atoms with Crippen molar-refractivity contribution in [2.24, 2.45) is 0 Å². The lowest BCUT2D eigenvalue weighted by Gasteiger charge is -2.29. The lowest BCUT2D eigenvalue weighted by Crippen LogP contribution is -2.37. The standard InChI is InChI=1S/C25H24N6O3S/c26-14-19-4-1-2-6-23(19)35(33,34)31-13-11-20-15-27-25(29-24(20)31)28-21-9-7-18(8-10-21)16-30-12-3-5-22(32)17-30/h1-2,4,6-11,13,15,22,32H,3,5,12,16-17H2,(H,27,28,29). The largest absolute Gasteiger partial charge is 0.392 e. The molecule has 1 aliphatic heterocycles. The van der Waals surface area contributed by atoms with Gasteiger partial charge in [0, 0.05) is 36.6 Å². The monoisotopic (exact) mass is 488 g/mol. The molecule has 1 atom stereocenters. The Morgan fingerprint density at radius 1 is 1.14 bits per heavy atom. The molecular weight excluding hydrogens is 464 g/mol. The van der Waals surface area contributed by atoms with Crippen molar-refractivity contribution in [3.8, 4) is 6.07 Å². The van der Waals surface area contributed by atoms with E-state index in [-0.39, 0.29) is 28.2 Å². The molecule has 3 heterocycles. The maximum absolute atomic E-state index is 13.3. The molecule has 0 saturated carbocycles. The third kappa shape index (κ3) is 4.74. The first kappa shape index (κ1) is 23.0. The van der Waals surface area contributed by atoms with E-state index in [9.17, 15) is 18.8 Å². The fourth-order valence-electron chi connectivity index (χ4n) is 4.29. The number of fused-ring (bicyclic) bond motifs is 1. The lowest BCUT2D eigenvalue weighted by atomic mass is 10.1. The summed E-state index contributed by atoms with van der Waals surface area (Å²) in [5.41, 5.74) is 2.19. The Morgan fingerprint density at radius 3 is 2.71 bits per heavy atom. The number of β-amino-alcohol motifs (C(OH)–C–C–N with tert-alkyl or cyclic N) is 1. The van der Waals surface area contributed by atoms with Gasteiger partial charge in [0.2, 0.25) is 5.95 Å². The fourth-order valence-corrected chi connectivity index (χ4v) is 5.74. The van der Waals surface area contributed by atoms with Crippen molar-refractivity contribution in [3.05, 3.63) is 78.1 Å². The number of aliphatic hydroxyl groups excluding tert-OH is 1. The average molecular weight is 489 g/mol. The first-order valence-electron chi connectivity index (χ1n) is 11.3. The summed E-state index contributed by atoms with van der Waals surface area (Å²) in [6, 6.07) is 17.5. The number of nitrogens with zero attached hydrogens (tertiary/aromatic N) is 5. The van der Waals surface area contributed by atoms with E-state index in [2.05, 4.69) is 20.2 Å². The van der Waals surface area contributed by atoms with Gasteiger partial charge in [-0.1, -0.05) is 24.3 Å². The summed E-state index contributed by atoms with van der Waals surface area (Å²) >= 11 is 0. The second kappa shape index (κ2) is 9.46. The molecule has 2 aromatic carbocycles. The highest BCUT2D eigenvalue weighted by Crippen LogP contribution is 2.24. The van der Waals surface area contributed by atoms with E-state index in [1.807, 2.05) is 30.3 Å². The number of anilines is 2. The molecule has 1 fully saturated rings. The second-order valence-corrected chi connectivity index (χ2v) is 10.3. The molecular formula is C25H24N6O3S. The predicted molar refractivity (Wildman–Crippen MR) is 132 cm³/mol. The highest BCUT2D eigenvalue weighted by atomic mass is 32.2. The molecule has 35 heavy (non-hydrogen) atoms. The highest BCUT2D eigenvalue weighted by molar-refractivity contribution is 7.90. The van der Waals surface area contributed by atoms with E-state index < -0.39 is 10.0 Å². The summed E-state index contributed by atoms with van der Waals surface area (Å²) in [5, 5.41) is 22.9. The molecule has 5 rings (SSSR count). The molecule has 0 amide bonds. The molecule has 1 aliphatic rings. The van der Waals surface area contributed by atoms with Crippen molar-refractivity contribution in [1.29, 1.82) is 5.26 Å². The Kier molecular flexibility index (Phi) is 6.21. The van der Waals surface area contributed by atoms with Gasteiger partial charge >= 0.3 is 0 Å². The van der Waals surface area contributed by atoms with Crippen LogP contribution in [0.1, 0.15) is 24.0 Å². The van der Waals surface area contributed by atoms with Gasteiger partial charge in [0.25, 0.3) is 10.0 Å². The van der Waals surface area contributed by atoms with Crippen molar-refractivity contribution in [1.82, 2.24) is 18.8 Å². The third-order valence-electron chi connectivity index (χ3n) is 6.04. The molecule has 10 heteroatoms. The van der Waals surface area contributed by atoms with E-state index in [1.54, 1.807) is 24.4 Å². The van der Waals surface area contributed by atoms with Crippen molar-refractivity contribution < 1.29 is 13.5 Å². The fraction of sp³-hybridized carbons (Fsp3) is 0.240. The summed E-state index contributed by atoms with van der Waals surface area (Å²) in [7, 11) is -4.02. The first-order chi connectivity index (χ1) is 16.9. The van der Waals surface area contributed by atoms with Crippen LogP contribution in [0.5, 0.6) is 0 Å². The van der Waals surface area contributed by atoms with Gasteiger partial charge in [0.1, 0.15) is 11.0 Å². The summed E-state index contributed by atoms with van der Waals surface area (Å²) < 4.78 is 27.7. The molecule has 4 aromatic rings. The molecule has 1 unspecified atom stereocenters. The maximum atomic E-state index is 13.3. The van der Waals surface area contributed by atoms with Crippen LogP contribution < -0.4 is 5.32 Å². The number of nitriles is 1. The van der Waals surface area contributed by atoms with Gasteiger partial charge in [-0.05, 0) is 55.3 Å². The zero-order chi connectivity index (χ0) is 24.4. The molecule has 2 aromatic heterocycles. The number of aliphatic hydroxyl groups is 1. The zero-order valence-corrected chi connectivity index (χ0v) is 19.7. The number of aromatic nitrogens is 3. The molecule has 1 saturated heterocycles. The Balaban J connectivity index is 1.38. The van der Waals surface area contributed by atoms with Crippen LogP contribution in [0.4, 0.5) is 11.6 Å². The van der Waals surface area contributed by atoms with Crippen LogP contribution in [0.2, 0.25) is 0 Å². The van der Waals surface area contributed by atoms with Crippen LogP contribution in [0.15, 0.2) is 71.9 Å². The van der Waals surface area contributed by atoms with Crippen LogP contribution in [0, 0.1) is 11.3 Å². The van der Waals surface area contributed by atoms with E-state index in [4.69, 9.17) is 0 Å². The van der Waals surface area contributed by atoms with E-state index in [0.29, 0.717) is 11.9 Å². The van der Waals surface area contributed by atoms with E-state index >= 15 is 0 Å². The van der Waals surface area contributed by atoms with Crippen molar-refractivity contribution in [2.45, 2.75) is 30.4 Å². The lowest BCUT2D eigenvalue weighted by molar-refractivity contribution is 0.0668. The van der Waals surface area contributed by atoms with E-state index in [0.717, 1.165) is 41.2 Å². The van der Waals surface area contributed by atoms with Gasteiger partial charge in [0.15, 0.2) is 5.65 Å². The SMILES string of the molecule is N#Cc1ccccc1S(=O)(=O)n1ccc2cnc(Nc3ccc(CN4CCCC(O)C4)cc3)nc21. The smallest absolute Gasteiger partial charge is 0.270 e. The van der Waals surface area contributed by atoms with Crippen LogP contribution in [0.3, 0.4) is 0 Å². The summed E-state index contributed by atoms with van der Waals surface area (Å²) in [6.07, 6.45) is 4.58. The van der Waals surface area contributed by atoms with Gasteiger partial charge in [-0.25, -0.2) is 17.4 Å². The molecule has 178 valence electrons. The minimum absolute atomic E-state index is 0.0703. The highest BCUT2D eigenvalue weighted by Gasteiger charge is 2.23. The van der Waals surface area contributed by atoms with Gasteiger partial charge in [-0.15, -0.1) is 0 Å². The summed E-state index contributed by atoms with van der Waals surface area (Å²) in [5.74, 6) is 0.258. The van der Waals surface area contributed by atoms with Crippen LogP contribution in [0.25, 0.3) is 11.0 Å². The zero-order valence-electron chi connectivity index (χ0n) is 18.9. The van der Waals surface area contributed by atoms with Crippen molar-refractivity contribution >= 4 is 32.7 Å². The Hall–Kier alpha value is -3.78. The van der Waals surface area contributed by atoms with Gasteiger partial charge < -0.3 is 10.4 Å². The summed E-state index contributed by atoms with van der Waals surface area (Å²) in [6.45, 7) is 2.44. The molecule has 0 aliphatic carbocycles. The first-order valence-corrected chi connectivity index (χ1v) is 12.7. The molecule has 0 bridgehead atoms. The average Bonchev–Trinajstić information content (AvgIpc) is 3.29. The number of hydrogen-bond donors (Lipinski definition) is 2. The number of nitrogens with one attached hydrogen (secondary N) is 1. The molecule has 0 radical (unpaired) electrons. The van der Waals surface area contributed by atoms with Gasteiger partial charge in [-0.3, -0.25) is 4.90 Å². The number of hydrogen-bond acceptors (Lipinski definition) is 8.